The lowest BCUT2D eigenvalue weighted by molar-refractivity contribution is 0.237. The Labute approximate surface area is 57.4 Å². The molecule has 44 valence electrons. The lowest BCUT2D eigenvalue weighted by Crippen LogP contribution is -2.17. The van der Waals surface area contributed by atoms with Gasteiger partial charge in [0.05, 0.1) is 0 Å². The monoisotopic (exact) mass is 185 g/mol. The first kappa shape index (κ1) is 7.75. The lowest BCUT2D eigenvalue weighted by Gasteiger charge is -1.93. The van der Waals surface area contributed by atoms with Crippen LogP contribution in [-0.4, -0.2) is 23.0 Å². The van der Waals surface area contributed by atoms with E-state index in [1.165, 1.54) is 0 Å². The van der Waals surface area contributed by atoms with Crippen molar-refractivity contribution < 1.29 is 5.11 Å². The summed E-state index contributed by atoms with van der Waals surface area (Å²) in [6.07, 6.45) is 0. The van der Waals surface area contributed by atoms with Gasteiger partial charge >= 0.3 is 0 Å². The van der Waals surface area contributed by atoms with E-state index in [2.05, 4.69) is 5.32 Å². The first-order valence-electron chi connectivity index (χ1n) is 1.92. The maximum atomic E-state index is 8.58. The van der Waals surface area contributed by atoms with Crippen molar-refractivity contribution in [1.29, 1.82) is 0 Å². The lowest BCUT2D eigenvalue weighted by atomic mass is 10.8. The molecule has 1 saturated heterocycles. The molecule has 1 heterocycles. The Bertz CT molecular complexity index is 48.2. The molecule has 1 aliphatic rings. The first-order chi connectivity index (χ1) is 2.89. The Morgan fingerprint density at radius 1 is 1.71 bits per heavy atom. The van der Waals surface area contributed by atoms with Crippen LogP contribution in [-0.2, 0) is 0 Å². The molecule has 0 aromatic rings. The normalized spacial score (nSPS) is 29.6. The molecular weight excluding hydrogens is 178 g/mol. The minimum atomic E-state index is -0.287. The molecule has 2 nitrogen and oxygen atoms in total. The van der Waals surface area contributed by atoms with Crippen LogP contribution in [0, 0.1) is 0 Å². The van der Waals surface area contributed by atoms with Crippen LogP contribution < -0.4 is 5.32 Å². The zero-order valence-electron chi connectivity index (χ0n) is 3.76. The van der Waals surface area contributed by atoms with Crippen LogP contribution >= 0.6 is 28.7 Å². The number of aliphatic hydroxyl groups excluding tert-OH is 1. The molecule has 0 bridgehead atoms. The fourth-order valence-electron chi connectivity index (χ4n) is 0.412. The van der Waals surface area contributed by atoms with E-state index in [0.717, 1.165) is 12.3 Å². The number of hydrogen-bond donors (Lipinski definition) is 2. The predicted octanol–water partition coefficient (Wildman–Crippen LogP) is 0.177. The van der Waals surface area contributed by atoms with Crippen LogP contribution in [0.25, 0.3) is 0 Å². The standard InChI is InChI=1S/C3H7NOS.BrH/c5-3-4-1-2-6-3;/h3-5H,1-2H2;1H. The van der Waals surface area contributed by atoms with E-state index in [4.69, 9.17) is 5.11 Å². The van der Waals surface area contributed by atoms with Gasteiger partial charge in [0.1, 0.15) is 0 Å². The third-order valence-electron chi connectivity index (χ3n) is 0.697. The van der Waals surface area contributed by atoms with Crippen LogP contribution in [0.15, 0.2) is 0 Å². The summed E-state index contributed by atoms with van der Waals surface area (Å²) in [5.74, 6) is 1.04. The maximum Gasteiger partial charge on any atom is 0.153 e. The molecule has 4 heteroatoms. The number of rotatable bonds is 0. The summed E-state index contributed by atoms with van der Waals surface area (Å²) >= 11 is 1.54. The molecule has 7 heavy (non-hydrogen) atoms. The van der Waals surface area contributed by atoms with Gasteiger partial charge in [0.15, 0.2) is 5.56 Å². The summed E-state index contributed by atoms with van der Waals surface area (Å²) in [7, 11) is 0. The molecule has 1 fully saturated rings. The van der Waals surface area contributed by atoms with E-state index in [1.54, 1.807) is 11.8 Å². The fourth-order valence-corrected chi connectivity index (χ4v) is 1.11. The van der Waals surface area contributed by atoms with Gasteiger partial charge in [-0.1, -0.05) is 0 Å². The van der Waals surface area contributed by atoms with Crippen LogP contribution in [0.2, 0.25) is 0 Å². The molecule has 0 aromatic heterocycles. The smallest absolute Gasteiger partial charge is 0.153 e. The Hall–Kier alpha value is 0.750. The number of nitrogens with one attached hydrogen (secondary N) is 1. The maximum absolute atomic E-state index is 8.58. The molecule has 2 N–H and O–H groups in total. The second-order valence-electron chi connectivity index (χ2n) is 1.18. The molecule has 1 aliphatic heterocycles. The van der Waals surface area contributed by atoms with Crippen molar-refractivity contribution in [3.63, 3.8) is 0 Å². The topological polar surface area (TPSA) is 32.3 Å². The van der Waals surface area contributed by atoms with Gasteiger partial charge in [-0.2, -0.15) is 0 Å². The van der Waals surface area contributed by atoms with Gasteiger partial charge in [-0.15, -0.1) is 28.7 Å². The largest absolute Gasteiger partial charge is 0.369 e. The molecule has 0 spiro atoms. The van der Waals surface area contributed by atoms with Crippen molar-refractivity contribution >= 4 is 28.7 Å². The van der Waals surface area contributed by atoms with Gasteiger partial charge < -0.3 is 5.11 Å². The summed E-state index contributed by atoms with van der Waals surface area (Å²) in [4.78, 5) is 0. The summed E-state index contributed by atoms with van der Waals surface area (Å²) in [5.41, 5.74) is -0.287. The predicted molar refractivity (Wildman–Crippen MR) is 36.8 cm³/mol. The third-order valence-corrected chi connectivity index (χ3v) is 1.62. The molecule has 1 unspecified atom stereocenters. The highest BCUT2D eigenvalue weighted by molar-refractivity contribution is 8.93. The van der Waals surface area contributed by atoms with Crippen molar-refractivity contribution in [3.05, 3.63) is 0 Å². The second-order valence-corrected chi connectivity index (χ2v) is 2.37. The third kappa shape index (κ3) is 2.54. The Balaban J connectivity index is 0.000000360. The van der Waals surface area contributed by atoms with Crippen molar-refractivity contribution in [3.8, 4) is 0 Å². The van der Waals surface area contributed by atoms with Crippen LogP contribution in [0.1, 0.15) is 0 Å². The van der Waals surface area contributed by atoms with Crippen LogP contribution in [0.5, 0.6) is 0 Å². The van der Waals surface area contributed by atoms with E-state index < -0.39 is 0 Å². The quantitative estimate of drug-likeness (QED) is 0.565. The SMILES string of the molecule is Br.OC1NCCS1. The van der Waals surface area contributed by atoms with Gasteiger partial charge in [0.25, 0.3) is 0 Å². The molecule has 0 aromatic carbocycles. The van der Waals surface area contributed by atoms with E-state index in [1.807, 2.05) is 0 Å². The Morgan fingerprint density at radius 2 is 2.43 bits per heavy atom. The number of thioether (sulfide) groups is 1. The highest BCUT2D eigenvalue weighted by Crippen LogP contribution is 2.08. The van der Waals surface area contributed by atoms with E-state index in [-0.39, 0.29) is 22.5 Å². The second kappa shape index (κ2) is 3.72. The number of halogens is 1. The van der Waals surface area contributed by atoms with Gasteiger partial charge in [0.2, 0.25) is 0 Å². The molecule has 0 aliphatic carbocycles. The molecule has 0 amide bonds. The van der Waals surface area contributed by atoms with Crippen molar-refractivity contribution in [2.45, 2.75) is 5.56 Å². The van der Waals surface area contributed by atoms with E-state index in [9.17, 15) is 0 Å². The highest BCUT2D eigenvalue weighted by atomic mass is 79.9. The summed E-state index contributed by atoms with van der Waals surface area (Å²) in [5, 5.41) is 11.4. The minimum absolute atomic E-state index is 0. The fraction of sp³-hybridized carbons (Fsp3) is 1.00. The van der Waals surface area contributed by atoms with Crippen LogP contribution in [0.4, 0.5) is 0 Å². The van der Waals surface area contributed by atoms with Crippen LogP contribution in [0.3, 0.4) is 0 Å². The van der Waals surface area contributed by atoms with Gasteiger partial charge in [-0.05, 0) is 0 Å². The van der Waals surface area contributed by atoms with Gasteiger partial charge in [0, 0.05) is 12.3 Å². The zero-order chi connectivity index (χ0) is 4.41. The number of hydrogen-bond acceptors (Lipinski definition) is 3. The zero-order valence-corrected chi connectivity index (χ0v) is 6.28. The van der Waals surface area contributed by atoms with Gasteiger partial charge in [-0.3, -0.25) is 5.32 Å². The summed E-state index contributed by atoms with van der Waals surface area (Å²) in [6.45, 7) is 0.950. The molecule has 1 atom stereocenters. The van der Waals surface area contributed by atoms with E-state index in [0.29, 0.717) is 0 Å². The molecule has 0 saturated carbocycles. The van der Waals surface area contributed by atoms with E-state index >= 15 is 0 Å². The molecule has 0 radical (unpaired) electrons. The molecular formula is C3H8BrNOS. The average Bonchev–Trinajstić information content (AvgIpc) is 1.86. The number of aliphatic hydroxyl groups is 1. The summed E-state index contributed by atoms with van der Waals surface area (Å²) < 4.78 is 0. The van der Waals surface area contributed by atoms with Gasteiger partial charge in [-0.25, -0.2) is 0 Å². The summed E-state index contributed by atoms with van der Waals surface area (Å²) in [6, 6.07) is 0. The Morgan fingerprint density at radius 3 is 2.57 bits per heavy atom. The highest BCUT2D eigenvalue weighted by Gasteiger charge is 2.07. The van der Waals surface area contributed by atoms with Crippen molar-refractivity contribution in [2.24, 2.45) is 0 Å². The van der Waals surface area contributed by atoms with Crippen molar-refractivity contribution in [2.75, 3.05) is 12.3 Å². The molecule has 1 rings (SSSR count). The Kier molecular flexibility index (Phi) is 4.11. The average molecular weight is 186 g/mol. The van der Waals surface area contributed by atoms with Crippen molar-refractivity contribution in [1.82, 2.24) is 5.32 Å². The minimum Gasteiger partial charge on any atom is -0.369 e. The first-order valence-corrected chi connectivity index (χ1v) is 2.97.